The van der Waals surface area contributed by atoms with Crippen molar-refractivity contribution in [1.82, 2.24) is 4.90 Å². The lowest BCUT2D eigenvalue weighted by atomic mass is 9.98. The Bertz CT molecular complexity index is 1310. The summed E-state index contributed by atoms with van der Waals surface area (Å²) in [6, 6.07) is 24.0. The van der Waals surface area contributed by atoms with E-state index >= 15 is 0 Å². The molecule has 5 nitrogen and oxygen atoms in total. The van der Waals surface area contributed by atoms with E-state index in [4.69, 9.17) is 9.15 Å². The fraction of sp³-hybridized carbons (Fsp3) is 0.154. The quantitative estimate of drug-likeness (QED) is 0.482. The fourth-order valence-corrected chi connectivity index (χ4v) is 4.22. The molecular weight excluding hydrogens is 390 g/mol. The molecule has 0 saturated heterocycles. The van der Waals surface area contributed by atoms with Gasteiger partial charge in [0.15, 0.2) is 5.43 Å². The van der Waals surface area contributed by atoms with E-state index in [1.165, 1.54) is 0 Å². The number of rotatable bonds is 5. The van der Waals surface area contributed by atoms with Crippen molar-refractivity contribution < 1.29 is 13.9 Å². The minimum absolute atomic E-state index is 0.146. The van der Waals surface area contributed by atoms with Gasteiger partial charge >= 0.3 is 0 Å². The Kier molecular flexibility index (Phi) is 4.79. The third kappa shape index (κ3) is 3.28. The van der Waals surface area contributed by atoms with Crippen LogP contribution in [-0.4, -0.2) is 24.5 Å². The number of nitrogens with zero attached hydrogens (tertiary/aromatic N) is 1. The summed E-state index contributed by atoms with van der Waals surface area (Å²) in [6.07, 6.45) is 0.654. The highest BCUT2D eigenvalue weighted by Crippen LogP contribution is 2.38. The van der Waals surface area contributed by atoms with E-state index in [1.807, 2.05) is 54.6 Å². The van der Waals surface area contributed by atoms with Crippen LogP contribution in [0, 0.1) is 0 Å². The fourth-order valence-electron chi connectivity index (χ4n) is 4.22. The second-order valence-corrected chi connectivity index (χ2v) is 7.58. The Morgan fingerprint density at radius 1 is 0.903 bits per heavy atom. The van der Waals surface area contributed by atoms with Crippen LogP contribution in [0.1, 0.15) is 33.3 Å². The van der Waals surface area contributed by atoms with Crippen LogP contribution in [0.4, 0.5) is 0 Å². The van der Waals surface area contributed by atoms with Gasteiger partial charge in [-0.3, -0.25) is 9.59 Å². The lowest BCUT2D eigenvalue weighted by Gasteiger charge is -2.25. The molecule has 0 spiro atoms. The van der Waals surface area contributed by atoms with Crippen LogP contribution in [0.2, 0.25) is 0 Å². The maximum Gasteiger partial charge on any atom is 0.290 e. The van der Waals surface area contributed by atoms with Crippen molar-refractivity contribution in [1.29, 1.82) is 0 Å². The zero-order valence-electron chi connectivity index (χ0n) is 17.1. The second-order valence-electron chi connectivity index (χ2n) is 7.58. The summed E-state index contributed by atoms with van der Waals surface area (Å²) in [6.45, 7) is 0.463. The molecule has 31 heavy (non-hydrogen) atoms. The van der Waals surface area contributed by atoms with Gasteiger partial charge in [-0.1, -0.05) is 54.6 Å². The topological polar surface area (TPSA) is 59.8 Å². The van der Waals surface area contributed by atoms with Crippen molar-refractivity contribution in [3.05, 3.63) is 112 Å². The first kappa shape index (κ1) is 19.1. The number of para-hydroxylation sites is 1. The van der Waals surface area contributed by atoms with Gasteiger partial charge in [-0.05, 0) is 41.8 Å². The molecule has 0 saturated carbocycles. The van der Waals surface area contributed by atoms with Gasteiger partial charge in [-0.15, -0.1) is 0 Å². The van der Waals surface area contributed by atoms with E-state index < -0.39 is 6.04 Å². The molecule has 0 fully saturated rings. The van der Waals surface area contributed by atoms with Crippen LogP contribution in [0.15, 0.2) is 88.1 Å². The lowest BCUT2D eigenvalue weighted by Crippen LogP contribution is -2.31. The van der Waals surface area contributed by atoms with Gasteiger partial charge in [0.05, 0.1) is 24.1 Å². The molecule has 2 heterocycles. The van der Waals surface area contributed by atoms with E-state index in [9.17, 15) is 9.59 Å². The summed E-state index contributed by atoms with van der Waals surface area (Å²) in [5.74, 6) is 0.685. The van der Waals surface area contributed by atoms with Crippen LogP contribution in [-0.2, 0) is 6.42 Å². The summed E-state index contributed by atoms with van der Waals surface area (Å²) >= 11 is 0. The molecule has 3 aromatic carbocycles. The number of hydrogen-bond donors (Lipinski definition) is 0. The van der Waals surface area contributed by atoms with Crippen LogP contribution in [0.3, 0.4) is 0 Å². The van der Waals surface area contributed by atoms with Crippen LogP contribution in [0.25, 0.3) is 11.0 Å². The monoisotopic (exact) mass is 411 g/mol. The van der Waals surface area contributed by atoms with Crippen molar-refractivity contribution >= 4 is 16.9 Å². The molecule has 1 amide bonds. The van der Waals surface area contributed by atoms with Gasteiger partial charge in [0.1, 0.15) is 11.3 Å². The molecule has 0 N–H and O–H groups in total. The third-order valence-corrected chi connectivity index (χ3v) is 5.79. The molecule has 5 rings (SSSR count). The van der Waals surface area contributed by atoms with Gasteiger partial charge in [0.25, 0.3) is 5.91 Å². The molecule has 1 aromatic heterocycles. The number of benzene rings is 3. The summed E-state index contributed by atoms with van der Waals surface area (Å²) in [4.78, 5) is 28.5. The zero-order valence-corrected chi connectivity index (χ0v) is 17.1. The maximum absolute atomic E-state index is 13.4. The average molecular weight is 411 g/mol. The largest absolute Gasteiger partial charge is 0.497 e. The Morgan fingerprint density at radius 3 is 2.35 bits per heavy atom. The molecular formula is C26H21NO4. The number of fused-ring (bicyclic) bond motifs is 2. The first-order chi connectivity index (χ1) is 15.2. The molecule has 1 atom stereocenters. The number of amides is 1. The summed E-state index contributed by atoms with van der Waals surface area (Å²) in [7, 11) is 1.63. The van der Waals surface area contributed by atoms with Crippen molar-refractivity contribution in [2.45, 2.75) is 12.5 Å². The number of carbonyl (C=O) groups excluding carboxylic acids is 1. The van der Waals surface area contributed by atoms with Gasteiger partial charge in [-0.2, -0.15) is 0 Å². The average Bonchev–Trinajstić information content (AvgIpc) is 3.10. The minimum Gasteiger partial charge on any atom is -0.497 e. The Labute approximate surface area is 179 Å². The molecule has 5 heteroatoms. The van der Waals surface area contributed by atoms with Gasteiger partial charge in [-0.25, -0.2) is 0 Å². The normalized spacial score (nSPS) is 15.3. The summed E-state index contributed by atoms with van der Waals surface area (Å²) in [5.41, 5.74) is 2.69. The molecule has 1 aliphatic heterocycles. The summed E-state index contributed by atoms with van der Waals surface area (Å²) < 4.78 is 11.2. The molecule has 4 aromatic rings. The van der Waals surface area contributed by atoms with Crippen LogP contribution in [0.5, 0.6) is 5.75 Å². The van der Waals surface area contributed by atoms with E-state index in [2.05, 4.69) is 0 Å². The van der Waals surface area contributed by atoms with Crippen LogP contribution >= 0.6 is 0 Å². The Balaban J connectivity index is 1.58. The smallest absolute Gasteiger partial charge is 0.290 e. The van der Waals surface area contributed by atoms with Gasteiger partial charge in [0.2, 0.25) is 5.76 Å². The Morgan fingerprint density at radius 2 is 1.61 bits per heavy atom. The van der Waals surface area contributed by atoms with Gasteiger partial charge < -0.3 is 14.1 Å². The number of methoxy groups -OCH3 is 1. The predicted octanol–water partition coefficient (Wildman–Crippen LogP) is 4.59. The molecule has 1 unspecified atom stereocenters. The molecule has 154 valence electrons. The van der Waals surface area contributed by atoms with E-state index in [1.54, 1.807) is 36.3 Å². The zero-order chi connectivity index (χ0) is 21.4. The summed E-state index contributed by atoms with van der Waals surface area (Å²) in [5, 5.41) is 0.493. The minimum atomic E-state index is -0.470. The van der Waals surface area contributed by atoms with Crippen LogP contribution < -0.4 is 10.2 Å². The van der Waals surface area contributed by atoms with E-state index in [0.29, 0.717) is 29.5 Å². The standard InChI is InChI=1S/C26H21NO4/c1-30-19-13-11-17(12-14-19)15-16-27-23(18-7-3-2-4-8-18)22-24(28)20-9-5-6-10-21(20)31-25(22)26(27)29/h2-14,23H,15-16H2,1H3. The lowest BCUT2D eigenvalue weighted by molar-refractivity contribution is 0.0730. The number of hydrogen-bond acceptors (Lipinski definition) is 4. The number of carbonyl (C=O) groups is 1. The van der Waals surface area contributed by atoms with Crippen molar-refractivity contribution in [3.8, 4) is 5.75 Å². The highest BCUT2D eigenvalue weighted by molar-refractivity contribution is 5.99. The molecule has 0 bridgehead atoms. The SMILES string of the molecule is COc1ccc(CCN2C(=O)c3oc4ccccc4c(=O)c3C2c2ccccc2)cc1. The molecule has 0 aliphatic carbocycles. The maximum atomic E-state index is 13.4. The highest BCUT2D eigenvalue weighted by atomic mass is 16.5. The first-order valence-electron chi connectivity index (χ1n) is 10.2. The van der Waals surface area contributed by atoms with Crippen molar-refractivity contribution in [2.24, 2.45) is 0 Å². The highest BCUT2D eigenvalue weighted by Gasteiger charge is 2.42. The first-order valence-corrected chi connectivity index (χ1v) is 10.2. The predicted molar refractivity (Wildman–Crippen MR) is 119 cm³/mol. The van der Waals surface area contributed by atoms with Crippen molar-refractivity contribution in [3.63, 3.8) is 0 Å². The third-order valence-electron chi connectivity index (χ3n) is 5.79. The second kappa shape index (κ2) is 7.76. The van der Waals surface area contributed by atoms with E-state index in [-0.39, 0.29) is 17.1 Å². The molecule has 0 radical (unpaired) electrons. The van der Waals surface area contributed by atoms with E-state index in [0.717, 1.165) is 16.9 Å². The Hall–Kier alpha value is -3.86. The van der Waals surface area contributed by atoms with Gasteiger partial charge in [0, 0.05) is 6.54 Å². The van der Waals surface area contributed by atoms with Crippen molar-refractivity contribution in [2.75, 3.05) is 13.7 Å². The molecule has 1 aliphatic rings. The number of ether oxygens (including phenoxy) is 1.